The Kier molecular flexibility index (Phi) is 27.2. The van der Waals surface area contributed by atoms with Gasteiger partial charge in [0.1, 0.15) is 0 Å². The Labute approximate surface area is 287 Å². The molecule has 4 saturated carbocycles. The van der Waals surface area contributed by atoms with Crippen molar-refractivity contribution in [3.63, 3.8) is 0 Å². The van der Waals surface area contributed by atoms with Crippen molar-refractivity contribution in [1.29, 1.82) is 0 Å². The third-order valence-electron chi connectivity index (χ3n) is 8.29. The summed E-state index contributed by atoms with van der Waals surface area (Å²) in [6.45, 7) is 0. The third kappa shape index (κ3) is 20.9. The quantitative estimate of drug-likeness (QED) is 0.219. The van der Waals surface area contributed by atoms with Gasteiger partial charge in [0, 0.05) is 11.9 Å². The summed E-state index contributed by atoms with van der Waals surface area (Å²) in [6, 6.07) is 2.12. The maximum Gasteiger partial charge on any atom is 4.00 e. The van der Waals surface area contributed by atoms with Crippen molar-refractivity contribution in [1.82, 2.24) is 9.80 Å². The maximum atomic E-state index is 4.91. The maximum absolute atomic E-state index is 4.91. The van der Waals surface area contributed by atoms with E-state index < -0.39 is 0 Å². The summed E-state index contributed by atoms with van der Waals surface area (Å²) < 4.78 is 0. The van der Waals surface area contributed by atoms with Gasteiger partial charge in [-0.25, -0.2) is 0 Å². The minimum atomic E-state index is 0. The van der Waals surface area contributed by atoms with Crippen LogP contribution in [0.4, 0.5) is 0 Å². The van der Waals surface area contributed by atoms with Gasteiger partial charge in [-0.1, -0.05) is 77.0 Å². The molecule has 0 aliphatic heterocycles. The number of hydrogen-bond acceptors (Lipinski definition) is 2. The van der Waals surface area contributed by atoms with Crippen LogP contribution >= 0.6 is 0 Å². The molecule has 0 saturated heterocycles. The van der Waals surface area contributed by atoms with Crippen LogP contribution in [0.25, 0.3) is 21.3 Å². The van der Waals surface area contributed by atoms with Gasteiger partial charge >= 0.3 is 26.2 Å². The van der Waals surface area contributed by atoms with Gasteiger partial charge in [-0.15, -0.1) is 0 Å². The van der Waals surface area contributed by atoms with Crippen LogP contribution in [0.3, 0.4) is 0 Å². The molecule has 0 spiro atoms. The summed E-state index contributed by atoms with van der Waals surface area (Å²) in [7, 11) is 15.3. The van der Waals surface area contributed by atoms with Crippen molar-refractivity contribution in [3.8, 4) is 0 Å². The van der Waals surface area contributed by atoms with Gasteiger partial charge in [-0.05, 0) is 104 Å². The molecule has 9 heteroatoms. The van der Waals surface area contributed by atoms with E-state index in [1.54, 1.807) is 28.2 Å². The van der Waals surface area contributed by atoms with Gasteiger partial charge in [0.15, 0.2) is 0 Å². The van der Waals surface area contributed by atoms with Crippen molar-refractivity contribution in [2.75, 3.05) is 56.4 Å². The first-order valence-electron chi connectivity index (χ1n) is 17.2. The second-order valence-corrected chi connectivity index (χ2v) is 13.0. The summed E-state index contributed by atoms with van der Waals surface area (Å²) in [5.74, 6) is 1.99. The molecule has 0 bridgehead atoms. The largest absolute Gasteiger partial charge is 4.00 e. The number of nitrogens with zero attached hydrogens (tertiary/aromatic N) is 8. The first kappa shape index (κ1) is 42.3. The second-order valence-electron chi connectivity index (χ2n) is 13.0. The normalized spacial score (nSPS) is 20.9. The summed E-state index contributed by atoms with van der Waals surface area (Å²) in [6.07, 6.45) is 26.4. The predicted molar refractivity (Wildman–Crippen MR) is 187 cm³/mol. The first-order chi connectivity index (χ1) is 20.3. The van der Waals surface area contributed by atoms with E-state index in [1.165, 1.54) is 128 Å². The topological polar surface area (TPSA) is 87.6 Å². The van der Waals surface area contributed by atoms with E-state index in [2.05, 4.69) is 48.6 Å². The van der Waals surface area contributed by atoms with Crippen molar-refractivity contribution in [3.05, 3.63) is 21.3 Å². The molecule has 4 fully saturated rings. The minimum Gasteiger partial charge on any atom is -0.668 e. The zero-order valence-corrected chi connectivity index (χ0v) is 32.0. The Morgan fingerprint density at radius 1 is 0.442 bits per heavy atom. The Balaban J connectivity index is 0.000000680. The smallest absolute Gasteiger partial charge is 0.668 e. The SMILES string of the molecule is CN(C)C(=NC1CCCCC1)[N-]C1CCCCC1.CN(C)C(=NC1CCCCC1)[N-]C1CCCCC1.C[N-]C.C[N-]C.[Zr+4]. The summed E-state index contributed by atoms with van der Waals surface area (Å²) in [4.78, 5) is 14.0. The van der Waals surface area contributed by atoms with E-state index in [1.807, 2.05) is 0 Å². The van der Waals surface area contributed by atoms with Gasteiger partial charge in [-0.2, -0.15) is 28.2 Å². The number of aliphatic imine (C=N–C) groups is 2. The van der Waals surface area contributed by atoms with Crippen molar-refractivity contribution in [2.45, 2.75) is 153 Å². The van der Waals surface area contributed by atoms with E-state index in [0.717, 1.165) is 11.9 Å². The average molecular weight is 680 g/mol. The number of hydrogen-bond donors (Lipinski definition) is 0. The van der Waals surface area contributed by atoms with Crippen LogP contribution in [0.5, 0.6) is 0 Å². The van der Waals surface area contributed by atoms with Crippen molar-refractivity contribution < 1.29 is 26.2 Å². The molecule has 0 N–H and O–H groups in total. The van der Waals surface area contributed by atoms with Crippen LogP contribution < -0.4 is 0 Å². The molecule has 4 aliphatic rings. The molecule has 0 atom stereocenters. The molecular weight excluding hydrogens is 612 g/mol. The fourth-order valence-corrected chi connectivity index (χ4v) is 6.02. The Bertz CT molecular complexity index is 618. The number of guanidine groups is 2. The molecule has 43 heavy (non-hydrogen) atoms. The average Bonchev–Trinajstić information content (AvgIpc) is 3.00. The van der Waals surface area contributed by atoms with Crippen LogP contribution in [0.15, 0.2) is 9.98 Å². The summed E-state index contributed by atoms with van der Waals surface area (Å²) in [5, 5.41) is 16.8. The zero-order chi connectivity index (χ0) is 31.0. The van der Waals surface area contributed by atoms with Crippen LogP contribution in [-0.2, 0) is 26.2 Å². The van der Waals surface area contributed by atoms with Gasteiger partial charge in [-0.3, -0.25) is 0 Å². The monoisotopic (exact) mass is 678 g/mol. The van der Waals surface area contributed by atoms with Crippen LogP contribution in [0.2, 0.25) is 0 Å². The van der Waals surface area contributed by atoms with E-state index in [-0.39, 0.29) is 26.2 Å². The molecule has 0 unspecified atom stereocenters. The van der Waals surface area contributed by atoms with Gasteiger partial charge in [0.05, 0.1) is 0 Å². The Morgan fingerprint density at radius 3 is 0.907 bits per heavy atom. The predicted octanol–water partition coefficient (Wildman–Crippen LogP) is 9.12. The molecule has 248 valence electrons. The molecule has 4 aliphatic carbocycles. The van der Waals surface area contributed by atoms with E-state index in [4.69, 9.17) is 20.6 Å². The van der Waals surface area contributed by atoms with Crippen LogP contribution in [-0.4, -0.2) is 102 Å². The molecule has 0 heterocycles. The second kappa shape index (κ2) is 27.6. The summed E-state index contributed by atoms with van der Waals surface area (Å²) >= 11 is 0. The molecule has 0 radical (unpaired) electrons. The van der Waals surface area contributed by atoms with E-state index in [9.17, 15) is 0 Å². The third-order valence-corrected chi connectivity index (χ3v) is 8.29. The fraction of sp³-hybridized carbons (Fsp3) is 0.941. The van der Waals surface area contributed by atoms with Crippen molar-refractivity contribution >= 4 is 11.9 Å². The van der Waals surface area contributed by atoms with Gasteiger partial charge < -0.3 is 41.1 Å². The van der Waals surface area contributed by atoms with Crippen LogP contribution in [0.1, 0.15) is 128 Å². The number of rotatable bonds is 4. The Hall–Kier alpha value is -0.657. The van der Waals surface area contributed by atoms with Gasteiger partial charge in [0.2, 0.25) is 0 Å². The van der Waals surface area contributed by atoms with E-state index in [0.29, 0.717) is 24.2 Å². The minimum absolute atomic E-state index is 0. The fourth-order valence-electron chi connectivity index (χ4n) is 6.02. The van der Waals surface area contributed by atoms with Crippen LogP contribution in [0, 0.1) is 0 Å². The molecule has 0 amide bonds. The zero-order valence-electron chi connectivity index (χ0n) is 29.5. The molecule has 4 rings (SSSR count). The molecular formula is C34H68N8Zr. The molecule has 0 aromatic heterocycles. The summed E-state index contributed by atoms with van der Waals surface area (Å²) in [5.41, 5.74) is 0. The molecule has 0 aromatic carbocycles. The van der Waals surface area contributed by atoms with Gasteiger partial charge in [0.25, 0.3) is 0 Å². The molecule has 8 nitrogen and oxygen atoms in total. The molecule has 0 aromatic rings. The standard InChI is InChI=1S/2C15H28N3.2C2H6N.Zr/c2*1-18(2)15(16-13-9-5-3-6-10-13)17-14-11-7-4-8-12-14;2*1-3-2;/h2*13-14H,3-12H2,1-2H3;2*1-2H3;/q4*-1;+4. The van der Waals surface area contributed by atoms with E-state index >= 15 is 0 Å². The van der Waals surface area contributed by atoms with Crippen molar-refractivity contribution in [2.24, 2.45) is 9.98 Å². The first-order valence-corrected chi connectivity index (χ1v) is 17.2. The Morgan fingerprint density at radius 2 is 0.674 bits per heavy atom.